The van der Waals surface area contributed by atoms with E-state index in [0.29, 0.717) is 10.8 Å². The Morgan fingerprint density at radius 1 is 0.273 bits per heavy atom. The number of fused-ring (bicyclic) bond motifs is 2. The summed E-state index contributed by atoms with van der Waals surface area (Å²) in [5.41, 5.74) is 4.43. The summed E-state index contributed by atoms with van der Waals surface area (Å²) in [6.45, 7) is 9.03. The maximum Gasteiger partial charge on any atom is 2.00 e. The zero-order valence-corrected chi connectivity index (χ0v) is 53.7. The molecule has 4 aromatic carbocycles. The fraction of sp³-hybridized carbons (Fsp3) is 0.706. The monoisotopic (exact) mass is 1130 g/mol. The van der Waals surface area contributed by atoms with Crippen molar-refractivity contribution in [1.29, 1.82) is 0 Å². The molecule has 432 valence electrons. The van der Waals surface area contributed by atoms with E-state index < -0.39 is 20.2 Å². The molecule has 4 aromatic rings. The van der Waals surface area contributed by atoms with Crippen LogP contribution in [0.25, 0.3) is 21.5 Å². The van der Waals surface area contributed by atoms with Gasteiger partial charge in [-0.1, -0.05) is 307 Å². The molecule has 0 radical (unpaired) electrons. The molecule has 6 nitrogen and oxygen atoms in total. The Kier molecular flexibility index (Phi) is 41.9. The third-order valence-corrected chi connectivity index (χ3v) is 17.6. The summed E-state index contributed by atoms with van der Waals surface area (Å²) in [6, 6.07) is 19.4. The summed E-state index contributed by atoms with van der Waals surface area (Å²) in [7, 11) is -9.01. The number of benzene rings is 4. The average Bonchev–Trinajstić information content (AvgIpc) is 3.40. The first kappa shape index (κ1) is 71.6. The molecule has 4 rings (SSSR count). The van der Waals surface area contributed by atoms with E-state index in [1.54, 1.807) is 12.1 Å². The number of hydrogen-bond acceptors (Lipinski definition) is 6. The molecule has 0 bridgehead atoms. The predicted molar refractivity (Wildman–Crippen MR) is 332 cm³/mol. The second-order valence-electron chi connectivity index (χ2n) is 22.9. The standard InChI is InChI=1S/2C34H56O3S.Ca/c2*1-3-5-7-9-11-13-15-17-19-21-23-30-25-26-33-32(27-30)28-31(29-34(33)38(35,36)37)24-22-20-18-16-14-12-10-8-6-4-2;/h2*25-29H,3-24H2,1-2H3,(H,35,36,37);/q;;+2/p-2. The maximum absolute atomic E-state index is 12.0. The van der Waals surface area contributed by atoms with Crippen molar-refractivity contribution in [2.45, 2.75) is 320 Å². The first-order valence-electron chi connectivity index (χ1n) is 31.9. The third kappa shape index (κ3) is 33.2. The van der Waals surface area contributed by atoms with Gasteiger partial charge in [0, 0.05) is 0 Å². The van der Waals surface area contributed by atoms with Crippen molar-refractivity contribution in [3.8, 4) is 0 Å². The Hall–Kier alpha value is -1.52. The topological polar surface area (TPSA) is 114 Å². The van der Waals surface area contributed by atoms with Crippen molar-refractivity contribution in [2.24, 2.45) is 0 Å². The summed E-state index contributed by atoms with van der Waals surface area (Å²) in [4.78, 5) is -0.106. The van der Waals surface area contributed by atoms with E-state index in [2.05, 4.69) is 52.0 Å². The zero-order valence-electron chi connectivity index (χ0n) is 49.9. The van der Waals surface area contributed by atoms with Gasteiger partial charge in [0.2, 0.25) is 0 Å². The Balaban J connectivity index is 0.000000520. The molecule has 0 aliphatic heterocycles. The van der Waals surface area contributed by atoms with Crippen LogP contribution in [0, 0.1) is 0 Å². The number of aryl methyl sites for hydroxylation is 4. The Bertz CT molecular complexity index is 2150. The molecule has 0 unspecified atom stereocenters. The SMILES string of the molecule is CCCCCCCCCCCCc1ccc2c(S(=O)(=O)[O-])cc(CCCCCCCCCCCC)cc2c1.CCCCCCCCCCCCc1ccc2c(S(=O)(=O)[O-])cc(CCCCCCCCCCCC)cc2c1.[Ca+2]. The van der Waals surface area contributed by atoms with E-state index in [1.807, 2.05) is 24.3 Å². The molecule has 77 heavy (non-hydrogen) atoms. The largest absolute Gasteiger partial charge is 2.00 e. The molecular weight excluding hydrogens is 1020 g/mol. The molecule has 0 spiro atoms. The number of unbranched alkanes of at least 4 members (excludes halogenated alkanes) is 36. The van der Waals surface area contributed by atoms with Gasteiger partial charge in [-0.15, -0.1) is 0 Å². The van der Waals surface area contributed by atoms with Crippen LogP contribution < -0.4 is 0 Å². The second kappa shape index (κ2) is 45.1. The van der Waals surface area contributed by atoms with Gasteiger partial charge in [-0.05, 0) is 107 Å². The van der Waals surface area contributed by atoms with Gasteiger partial charge in [-0.3, -0.25) is 0 Å². The van der Waals surface area contributed by atoms with Crippen molar-refractivity contribution >= 4 is 79.5 Å². The molecule has 0 atom stereocenters. The summed E-state index contributed by atoms with van der Waals surface area (Å²) in [5, 5.41) is 2.93. The van der Waals surface area contributed by atoms with Crippen LogP contribution >= 0.6 is 0 Å². The minimum Gasteiger partial charge on any atom is -0.744 e. The van der Waals surface area contributed by atoms with E-state index in [9.17, 15) is 25.9 Å². The molecule has 0 aromatic heterocycles. The van der Waals surface area contributed by atoms with Gasteiger partial charge in [0.05, 0.1) is 9.79 Å². The average molecular weight is 1130 g/mol. The van der Waals surface area contributed by atoms with E-state index in [4.69, 9.17) is 0 Å². The van der Waals surface area contributed by atoms with E-state index in [1.165, 1.54) is 229 Å². The van der Waals surface area contributed by atoms with Crippen molar-refractivity contribution in [2.75, 3.05) is 0 Å². The second-order valence-corrected chi connectivity index (χ2v) is 25.6. The van der Waals surface area contributed by atoms with Crippen LogP contribution in [0.5, 0.6) is 0 Å². The summed E-state index contributed by atoms with van der Waals surface area (Å²) in [5.74, 6) is 0. The van der Waals surface area contributed by atoms with Gasteiger partial charge in [0.1, 0.15) is 20.2 Å². The minimum absolute atomic E-state index is 0. The van der Waals surface area contributed by atoms with Crippen molar-refractivity contribution in [3.05, 3.63) is 82.9 Å². The van der Waals surface area contributed by atoms with Crippen molar-refractivity contribution < 1.29 is 25.9 Å². The van der Waals surface area contributed by atoms with Gasteiger partial charge in [-0.2, -0.15) is 0 Å². The summed E-state index contributed by atoms with van der Waals surface area (Å²) < 4.78 is 72.2. The van der Waals surface area contributed by atoms with Gasteiger partial charge in [-0.25, -0.2) is 16.8 Å². The Morgan fingerprint density at radius 3 is 0.688 bits per heavy atom. The molecule has 9 heteroatoms. The zero-order chi connectivity index (χ0) is 55.0. The van der Waals surface area contributed by atoms with Crippen LogP contribution in [0.2, 0.25) is 0 Å². The molecule has 0 saturated heterocycles. The van der Waals surface area contributed by atoms with Crippen LogP contribution in [0.15, 0.2) is 70.5 Å². The Labute approximate surface area is 504 Å². The summed E-state index contributed by atoms with van der Waals surface area (Å²) >= 11 is 0. The quantitative estimate of drug-likeness (QED) is 0.0247. The molecule has 0 heterocycles. The number of rotatable bonds is 46. The molecule has 0 fully saturated rings. The van der Waals surface area contributed by atoms with E-state index >= 15 is 0 Å². The van der Waals surface area contributed by atoms with Crippen molar-refractivity contribution in [1.82, 2.24) is 0 Å². The van der Waals surface area contributed by atoms with Gasteiger partial charge in [0.15, 0.2) is 0 Å². The van der Waals surface area contributed by atoms with Crippen LogP contribution in [-0.4, -0.2) is 63.7 Å². The third-order valence-electron chi connectivity index (χ3n) is 15.9. The van der Waals surface area contributed by atoms with Crippen LogP contribution in [0.1, 0.15) is 307 Å². The fourth-order valence-electron chi connectivity index (χ4n) is 11.2. The molecule has 0 aliphatic rings. The number of hydrogen-bond donors (Lipinski definition) is 0. The smallest absolute Gasteiger partial charge is 0.744 e. The predicted octanol–water partition coefficient (Wildman–Crippen LogP) is 21.0. The first-order chi connectivity index (χ1) is 36.9. The van der Waals surface area contributed by atoms with Crippen LogP contribution in [0.3, 0.4) is 0 Å². The molecular formula is C68H110CaO6S2. The van der Waals surface area contributed by atoms with Crippen LogP contribution in [-0.2, 0) is 45.9 Å². The van der Waals surface area contributed by atoms with Crippen LogP contribution in [0.4, 0.5) is 0 Å². The normalized spacial score (nSPS) is 11.8. The Morgan fingerprint density at radius 2 is 0.468 bits per heavy atom. The molecule has 0 N–H and O–H groups in total. The fourth-order valence-corrected chi connectivity index (χ4v) is 12.7. The molecule has 0 aliphatic carbocycles. The molecule has 0 amide bonds. The van der Waals surface area contributed by atoms with E-state index in [-0.39, 0.29) is 47.5 Å². The first-order valence-corrected chi connectivity index (χ1v) is 34.8. The van der Waals surface area contributed by atoms with Gasteiger partial charge >= 0.3 is 37.7 Å². The van der Waals surface area contributed by atoms with Crippen molar-refractivity contribution in [3.63, 3.8) is 0 Å². The van der Waals surface area contributed by atoms with Gasteiger partial charge < -0.3 is 9.11 Å². The minimum atomic E-state index is -4.50. The molecule has 0 saturated carbocycles. The van der Waals surface area contributed by atoms with Gasteiger partial charge in [0.25, 0.3) is 0 Å². The maximum atomic E-state index is 12.0. The summed E-state index contributed by atoms with van der Waals surface area (Å²) in [6.07, 6.45) is 55.6. The van der Waals surface area contributed by atoms with E-state index in [0.717, 1.165) is 86.1 Å².